The van der Waals surface area contributed by atoms with Gasteiger partial charge in [0.2, 0.25) is 11.8 Å². The first kappa shape index (κ1) is 32.7. The van der Waals surface area contributed by atoms with Crippen molar-refractivity contribution in [3.8, 4) is 11.1 Å². The molecule has 13 heteroatoms. The minimum absolute atomic E-state index is 0.0146. The van der Waals surface area contributed by atoms with Gasteiger partial charge in [0.1, 0.15) is 11.6 Å². The molecule has 1 N–H and O–H groups in total. The maximum atomic E-state index is 14.0. The standard InChI is InChI=1S/C31H31F7N4O2/c1-17-10-22(32)6-7-24(17)25-14-27(42-9-8-23(16-42)40-18(2)43)39-15-26(25)41(5)28(44)29(3,4)19-11-20(30(33,34)35)13-21(12-19)31(36,37)38/h6-7,10-15,23H,8-9,16H2,1-5H3,(H,40,43). The Kier molecular flexibility index (Phi) is 8.73. The minimum atomic E-state index is -5.08. The summed E-state index contributed by atoms with van der Waals surface area (Å²) in [7, 11) is 1.35. The van der Waals surface area contributed by atoms with Crippen LogP contribution in [-0.4, -0.2) is 43.0 Å². The maximum Gasteiger partial charge on any atom is 0.416 e. The van der Waals surface area contributed by atoms with Gasteiger partial charge in [-0.2, -0.15) is 26.3 Å². The van der Waals surface area contributed by atoms with E-state index in [1.165, 1.54) is 52.2 Å². The van der Waals surface area contributed by atoms with E-state index in [9.17, 15) is 40.3 Å². The van der Waals surface area contributed by atoms with Gasteiger partial charge in [-0.1, -0.05) is 6.07 Å². The van der Waals surface area contributed by atoms with Gasteiger partial charge in [0.25, 0.3) is 0 Å². The van der Waals surface area contributed by atoms with Gasteiger partial charge in [0, 0.05) is 38.7 Å². The van der Waals surface area contributed by atoms with E-state index in [1.54, 1.807) is 13.0 Å². The summed E-state index contributed by atoms with van der Waals surface area (Å²) in [5.74, 6) is -0.954. The lowest BCUT2D eigenvalue weighted by molar-refractivity contribution is -0.143. The van der Waals surface area contributed by atoms with E-state index in [0.717, 1.165) is 4.90 Å². The van der Waals surface area contributed by atoms with Crippen molar-refractivity contribution in [2.24, 2.45) is 0 Å². The third kappa shape index (κ3) is 6.81. The van der Waals surface area contributed by atoms with E-state index >= 15 is 0 Å². The monoisotopic (exact) mass is 624 g/mol. The number of nitrogens with one attached hydrogen (secondary N) is 1. The van der Waals surface area contributed by atoms with E-state index < -0.39 is 46.2 Å². The Labute approximate surface area is 249 Å². The molecule has 4 rings (SSSR count). The minimum Gasteiger partial charge on any atom is -0.354 e. The predicted molar refractivity (Wildman–Crippen MR) is 152 cm³/mol. The van der Waals surface area contributed by atoms with Crippen molar-refractivity contribution < 1.29 is 40.3 Å². The van der Waals surface area contributed by atoms with Crippen molar-refractivity contribution in [1.29, 1.82) is 0 Å². The Bertz CT molecular complexity index is 1550. The van der Waals surface area contributed by atoms with Crippen LogP contribution in [0.4, 0.5) is 42.2 Å². The van der Waals surface area contributed by atoms with Crippen LogP contribution in [0, 0.1) is 12.7 Å². The summed E-state index contributed by atoms with van der Waals surface area (Å²) in [6.07, 6.45) is -8.11. The molecule has 1 saturated heterocycles. The summed E-state index contributed by atoms with van der Waals surface area (Å²) < 4.78 is 95.5. The van der Waals surface area contributed by atoms with Crippen LogP contribution in [0.15, 0.2) is 48.7 Å². The fourth-order valence-electron chi connectivity index (χ4n) is 5.36. The normalized spacial score (nSPS) is 15.8. The maximum absolute atomic E-state index is 14.0. The molecule has 0 aliphatic carbocycles. The topological polar surface area (TPSA) is 65.5 Å². The van der Waals surface area contributed by atoms with Gasteiger partial charge < -0.3 is 15.1 Å². The Balaban J connectivity index is 1.79. The van der Waals surface area contributed by atoms with Crippen LogP contribution in [0.2, 0.25) is 0 Å². The summed E-state index contributed by atoms with van der Waals surface area (Å²) in [6.45, 7) is 6.61. The van der Waals surface area contributed by atoms with E-state index in [4.69, 9.17) is 0 Å². The lowest BCUT2D eigenvalue weighted by Gasteiger charge is -2.32. The molecule has 0 bridgehead atoms. The number of halogens is 7. The van der Waals surface area contributed by atoms with Crippen molar-refractivity contribution in [1.82, 2.24) is 10.3 Å². The quantitative estimate of drug-likeness (QED) is 0.304. The van der Waals surface area contributed by atoms with Gasteiger partial charge in [0.15, 0.2) is 0 Å². The van der Waals surface area contributed by atoms with Gasteiger partial charge in [-0.3, -0.25) is 9.59 Å². The molecular formula is C31H31F7N4O2. The zero-order chi connectivity index (χ0) is 32.8. The van der Waals surface area contributed by atoms with Crippen LogP contribution in [-0.2, 0) is 27.4 Å². The molecule has 2 heterocycles. The Hall–Kier alpha value is -4.16. The van der Waals surface area contributed by atoms with Crippen LogP contribution in [0.5, 0.6) is 0 Å². The number of alkyl halides is 6. The molecule has 2 aromatic carbocycles. The number of hydrogen-bond donors (Lipinski definition) is 1. The third-order valence-electron chi connectivity index (χ3n) is 7.78. The average Bonchev–Trinajstić information content (AvgIpc) is 3.38. The van der Waals surface area contributed by atoms with Gasteiger partial charge in [-0.15, -0.1) is 0 Å². The number of aryl methyl sites for hydroxylation is 1. The van der Waals surface area contributed by atoms with E-state index in [2.05, 4.69) is 10.3 Å². The summed E-state index contributed by atoms with van der Waals surface area (Å²) in [6, 6.07) is 6.75. The predicted octanol–water partition coefficient (Wildman–Crippen LogP) is 6.89. The molecule has 6 nitrogen and oxygen atoms in total. The lowest BCUT2D eigenvalue weighted by Crippen LogP contribution is -2.42. The Morgan fingerprint density at radius 3 is 2.07 bits per heavy atom. The number of hydrogen-bond acceptors (Lipinski definition) is 4. The molecule has 1 unspecified atom stereocenters. The molecule has 1 aliphatic rings. The first-order valence-electron chi connectivity index (χ1n) is 13.7. The largest absolute Gasteiger partial charge is 0.416 e. The zero-order valence-corrected chi connectivity index (χ0v) is 24.6. The molecule has 236 valence electrons. The Morgan fingerprint density at radius 2 is 1.52 bits per heavy atom. The number of nitrogens with zero attached hydrogens (tertiary/aromatic N) is 3. The van der Waals surface area contributed by atoms with E-state index in [-0.39, 0.29) is 23.7 Å². The molecule has 2 amide bonds. The number of benzene rings is 2. The number of aromatic nitrogens is 1. The molecular weight excluding hydrogens is 593 g/mol. The molecule has 1 aliphatic heterocycles. The molecule has 0 saturated carbocycles. The fraction of sp³-hybridized carbons (Fsp3) is 0.387. The van der Waals surface area contributed by atoms with Gasteiger partial charge in [-0.05, 0) is 80.3 Å². The second-order valence-electron chi connectivity index (χ2n) is 11.4. The second-order valence-corrected chi connectivity index (χ2v) is 11.4. The zero-order valence-electron chi connectivity index (χ0n) is 24.6. The molecule has 1 fully saturated rings. The summed E-state index contributed by atoms with van der Waals surface area (Å²) in [5, 5.41) is 2.86. The van der Waals surface area contributed by atoms with Crippen LogP contribution in [0.1, 0.15) is 49.4 Å². The smallest absolute Gasteiger partial charge is 0.354 e. The molecule has 0 spiro atoms. The SMILES string of the molecule is CC(=O)NC1CCN(c2cc(-c3ccc(F)cc3C)c(N(C)C(=O)C(C)(C)c3cc(C(F)(F)F)cc(C(F)(F)F)c3)cn2)C1. The number of anilines is 2. The summed E-state index contributed by atoms with van der Waals surface area (Å²) in [4.78, 5) is 33.0. The third-order valence-corrected chi connectivity index (χ3v) is 7.78. The highest BCUT2D eigenvalue weighted by atomic mass is 19.4. The second kappa shape index (κ2) is 11.7. The average molecular weight is 625 g/mol. The Morgan fingerprint density at radius 1 is 0.932 bits per heavy atom. The van der Waals surface area contributed by atoms with E-state index in [1.807, 2.05) is 4.90 Å². The first-order chi connectivity index (χ1) is 20.3. The van der Waals surface area contributed by atoms with Gasteiger partial charge in [-0.25, -0.2) is 9.37 Å². The number of rotatable bonds is 6. The molecule has 44 heavy (non-hydrogen) atoms. The van der Waals surface area contributed by atoms with Crippen molar-refractivity contribution in [2.45, 2.75) is 57.9 Å². The van der Waals surface area contributed by atoms with E-state index in [0.29, 0.717) is 54.2 Å². The van der Waals surface area contributed by atoms with Crippen LogP contribution >= 0.6 is 0 Å². The van der Waals surface area contributed by atoms with Crippen molar-refractivity contribution in [3.05, 3.63) is 76.7 Å². The lowest BCUT2D eigenvalue weighted by atomic mass is 9.81. The van der Waals surface area contributed by atoms with Crippen LogP contribution < -0.4 is 15.1 Å². The van der Waals surface area contributed by atoms with Gasteiger partial charge >= 0.3 is 12.4 Å². The first-order valence-corrected chi connectivity index (χ1v) is 13.7. The number of pyridine rings is 1. The summed E-state index contributed by atoms with van der Waals surface area (Å²) >= 11 is 0. The van der Waals surface area contributed by atoms with Crippen molar-refractivity contribution in [3.63, 3.8) is 0 Å². The highest BCUT2D eigenvalue weighted by Gasteiger charge is 2.41. The van der Waals surface area contributed by atoms with Crippen molar-refractivity contribution >= 4 is 23.3 Å². The van der Waals surface area contributed by atoms with Gasteiger partial charge in [0.05, 0.1) is 28.4 Å². The van der Waals surface area contributed by atoms with Crippen LogP contribution in [0.3, 0.4) is 0 Å². The number of likely N-dealkylation sites (N-methyl/N-ethyl adjacent to an activating group) is 1. The van der Waals surface area contributed by atoms with Crippen LogP contribution in [0.25, 0.3) is 11.1 Å². The highest BCUT2D eigenvalue weighted by Crippen LogP contribution is 2.41. The molecule has 1 atom stereocenters. The molecule has 1 aromatic heterocycles. The molecule has 3 aromatic rings. The number of carbonyl (C=O) groups is 2. The number of amides is 2. The summed E-state index contributed by atoms with van der Waals surface area (Å²) in [5.41, 5.74) is -3.65. The highest BCUT2D eigenvalue weighted by molar-refractivity contribution is 6.03. The molecule has 0 radical (unpaired) electrons. The number of carbonyl (C=O) groups excluding carboxylic acids is 2. The van der Waals surface area contributed by atoms with Crippen molar-refractivity contribution in [2.75, 3.05) is 29.9 Å². The fourth-order valence-corrected chi connectivity index (χ4v) is 5.36.